The van der Waals surface area contributed by atoms with Crippen molar-refractivity contribution in [2.24, 2.45) is 0 Å². The van der Waals surface area contributed by atoms with Gasteiger partial charge in [0, 0.05) is 10.5 Å². The van der Waals surface area contributed by atoms with E-state index in [1.165, 1.54) is 0 Å². The quantitative estimate of drug-likeness (QED) is 0.924. The van der Waals surface area contributed by atoms with Gasteiger partial charge < -0.3 is 10.1 Å². The molecule has 0 aliphatic carbocycles. The van der Waals surface area contributed by atoms with E-state index in [0.717, 1.165) is 4.47 Å². The molecule has 0 aliphatic rings. The first-order chi connectivity index (χ1) is 7.54. The first-order valence-electron chi connectivity index (χ1n) is 5.27. The Hall–Kier alpha value is -1.03. The predicted molar refractivity (Wildman–Crippen MR) is 67.9 cm³/mol. The summed E-state index contributed by atoms with van der Waals surface area (Å²) in [5.41, 5.74) is 0.560. The lowest BCUT2D eigenvalue weighted by molar-refractivity contribution is 0.0939. The number of amides is 1. The zero-order chi connectivity index (χ0) is 12.1. The summed E-state index contributed by atoms with van der Waals surface area (Å²) >= 11 is 3.35. The molecule has 0 atom stereocenters. The molecule has 0 saturated carbocycles. The highest BCUT2D eigenvalue weighted by Gasteiger charge is 2.13. The highest BCUT2D eigenvalue weighted by Crippen LogP contribution is 2.23. The molecule has 0 unspecified atom stereocenters. The van der Waals surface area contributed by atoms with Gasteiger partial charge in [-0.3, -0.25) is 4.79 Å². The Labute approximate surface area is 104 Å². The van der Waals surface area contributed by atoms with Crippen molar-refractivity contribution in [1.29, 1.82) is 0 Å². The van der Waals surface area contributed by atoms with Gasteiger partial charge in [-0.05, 0) is 39.0 Å². The van der Waals surface area contributed by atoms with Crippen molar-refractivity contribution >= 4 is 21.8 Å². The number of rotatable bonds is 4. The Bertz CT molecular complexity index is 377. The molecule has 16 heavy (non-hydrogen) atoms. The second kappa shape index (κ2) is 5.89. The molecule has 1 amide bonds. The van der Waals surface area contributed by atoms with Crippen molar-refractivity contribution in [2.75, 3.05) is 6.61 Å². The van der Waals surface area contributed by atoms with Gasteiger partial charge in [-0.1, -0.05) is 15.9 Å². The van der Waals surface area contributed by atoms with Gasteiger partial charge in [0.15, 0.2) is 0 Å². The van der Waals surface area contributed by atoms with E-state index in [4.69, 9.17) is 4.74 Å². The molecule has 0 saturated heterocycles. The summed E-state index contributed by atoms with van der Waals surface area (Å²) in [6.07, 6.45) is 0. The monoisotopic (exact) mass is 285 g/mol. The van der Waals surface area contributed by atoms with E-state index in [9.17, 15) is 4.79 Å². The Morgan fingerprint density at radius 2 is 2.19 bits per heavy atom. The predicted octanol–water partition coefficient (Wildman–Crippen LogP) is 2.99. The van der Waals surface area contributed by atoms with Gasteiger partial charge >= 0.3 is 0 Å². The van der Waals surface area contributed by atoms with Gasteiger partial charge in [0.25, 0.3) is 5.91 Å². The van der Waals surface area contributed by atoms with Crippen molar-refractivity contribution in [2.45, 2.75) is 26.8 Å². The third kappa shape index (κ3) is 3.52. The Morgan fingerprint density at radius 1 is 1.50 bits per heavy atom. The lowest BCUT2D eigenvalue weighted by atomic mass is 10.2. The first kappa shape index (κ1) is 13.0. The van der Waals surface area contributed by atoms with Crippen LogP contribution in [0.4, 0.5) is 0 Å². The molecular formula is C12H16BrNO2. The SMILES string of the molecule is CCOc1ccc(Br)cc1C(=O)NC(C)C. The Kier molecular flexibility index (Phi) is 4.80. The second-order valence-electron chi connectivity index (χ2n) is 3.70. The minimum atomic E-state index is -0.111. The summed E-state index contributed by atoms with van der Waals surface area (Å²) in [5.74, 6) is 0.503. The molecule has 0 fully saturated rings. The normalized spacial score (nSPS) is 10.3. The van der Waals surface area contributed by atoms with Gasteiger partial charge in [0.05, 0.1) is 12.2 Å². The lowest BCUT2D eigenvalue weighted by Crippen LogP contribution is -2.30. The molecule has 0 bridgehead atoms. The molecule has 0 aliphatic heterocycles. The number of nitrogens with one attached hydrogen (secondary N) is 1. The summed E-state index contributed by atoms with van der Waals surface area (Å²) in [6, 6.07) is 5.53. The van der Waals surface area contributed by atoms with E-state index in [-0.39, 0.29) is 11.9 Å². The van der Waals surface area contributed by atoms with Gasteiger partial charge in [0.2, 0.25) is 0 Å². The average Bonchev–Trinajstić information content (AvgIpc) is 2.20. The standard InChI is InChI=1S/C12H16BrNO2/c1-4-16-11-6-5-9(13)7-10(11)12(15)14-8(2)3/h5-8H,4H2,1-3H3,(H,14,15). The highest BCUT2D eigenvalue weighted by atomic mass is 79.9. The minimum Gasteiger partial charge on any atom is -0.493 e. The Balaban J connectivity index is 2.99. The van der Waals surface area contributed by atoms with E-state index >= 15 is 0 Å². The van der Waals surface area contributed by atoms with Crippen LogP contribution in [0.15, 0.2) is 22.7 Å². The van der Waals surface area contributed by atoms with Crippen LogP contribution in [0.5, 0.6) is 5.75 Å². The molecule has 88 valence electrons. The number of ether oxygens (including phenoxy) is 1. The number of carbonyl (C=O) groups excluding carboxylic acids is 1. The van der Waals surface area contributed by atoms with Crippen LogP contribution < -0.4 is 10.1 Å². The average molecular weight is 286 g/mol. The van der Waals surface area contributed by atoms with Crippen LogP contribution in [0.3, 0.4) is 0 Å². The van der Waals surface area contributed by atoms with Crippen LogP contribution in [-0.2, 0) is 0 Å². The van der Waals surface area contributed by atoms with Gasteiger partial charge in [-0.2, -0.15) is 0 Å². The third-order valence-corrected chi connectivity index (χ3v) is 2.40. The fraction of sp³-hybridized carbons (Fsp3) is 0.417. The zero-order valence-corrected chi connectivity index (χ0v) is 11.3. The Morgan fingerprint density at radius 3 is 2.75 bits per heavy atom. The highest BCUT2D eigenvalue weighted by molar-refractivity contribution is 9.10. The molecule has 4 heteroatoms. The van der Waals surface area contributed by atoms with E-state index < -0.39 is 0 Å². The molecule has 0 radical (unpaired) electrons. The molecule has 3 nitrogen and oxygen atoms in total. The first-order valence-corrected chi connectivity index (χ1v) is 6.07. The molecule has 1 aromatic rings. The summed E-state index contributed by atoms with van der Waals surface area (Å²) in [6.45, 7) is 6.29. The van der Waals surface area contributed by atoms with E-state index in [0.29, 0.717) is 17.9 Å². The molecule has 0 heterocycles. The maximum atomic E-state index is 11.9. The fourth-order valence-electron chi connectivity index (χ4n) is 1.30. The van der Waals surface area contributed by atoms with Crippen molar-refractivity contribution < 1.29 is 9.53 Å². The number of carbonyl (C=O) groups is 1. The molecule has 1 aromatic carbocycles. The largest absolute Gasteiger partial charge is 0.493 e. The van der Waals surface area contributed by atoms with Crippen LogP contribution >= 0.6 is 15.9 Å². The number of hydrogen-bond donors (Lipinski definition) is 1. The summed E-state index contributed by atoms with van der Waals surface area (Å²) < 4.78 is 6.28. The maximum Gasteiger partial charge on any atom is 0.255 e. The van der Waals surface area contributed by atoms with Crippen molar-refractivity contribution in [1.82, 2.24) is 5.32 Å². The molecule has 1 N–H and O–H groups in total. The van der Waals surface area contributed by atoms with Gasteiger partial charge in [-0.25, -0.2) is 0 Å². The summed E-state index contributed by atoms with van der Waals surface area (Å²) in [5, 5.41) is 2.85. The van der Waals surface area contributed by atoms with Gasteiger partial charge in [0.1, 0.15) is 5.75 Å². The number of benzene rings is 1. The lowest BCUT2D eigenvalue weighted by Gasteiger charge is -2.12. The smallest absolute Gasteiger partial charge is 0.255 e. The van der Waals surface area contributed by atoms with Gasteiger partial charge in [-0.15, -0.1) is 0 Å². The fourth-order valence-corrected chi connectivity index (χ4v) is 1.66. The molecule has 0 aromatic heterocycles. The minimum absolute atomic E-state index is 0.111. The molecule has 0 spiro atoms. The second-order valence-corrected chi connectivity index (χ2v) is 4.62. The summed E-state index contributed by atoms with van der Waals surface area (Å²) in [4.78, 5) is 11.9. The topological polar surface area (TPSA) is 38.3 Å². The van der Waals surface area contributed by atoms with Crippen molar-refractivity contribution in [3.05, 3.63) is 28.2 Å². The maximum absolute atomic E-state index is 11.9. The van der Waals surface area contributed by atoms with Crippen LogP contribution in [0, 0.1) is 0 Å². The van der Waals surface area contributed by atoms with E-state index in [1.807, 2.05) is 26.8 Å². The number of hydrogen-bond acceptors (Lipinski definition) is 2. The van der Waals surface area contributed by atoms with Crippen molar-refractivity contribution in [3.63, 3.8) is 0 Å². The third-order valence-electron chi connectivity index (χ3n) is 1.91. The van der Waals surface area contributed by atoms with Crippen LogP contribution in [0.2, 0.25) is 0 Å². The number of halogens is 1. The van der Waals surface area contributed by atoms with E-state index in [2.05, 4.69) is 21.2 Å². The van der Waals surface area contributed by atoms with E-state index in [1.54, 1.807) is 12.1 Å². The van der Waals surface area contributed by atoms with Crippen LogP contribution in [0.1, 0.15) is 31.1 Å². The summed E-state index contributed by atoms with van der Waals surface area (Å²) in [7, 11) is 0. The van der Waals surface area contributed by atoms with Crippen LogP contribution in [0.25, 0.3) is 0 Å². The van der Waals surface area contributed by atoms with Crippen LogP contribution in [-0.4, -0.2) is 18.6 Å². The zero-order valence-electron chi connectivity index (χ0n) is 9.71. The molecular weight excluding hydrogens is 270 g/mol. The van der Waals surface area contributed by atoms with Crippen molar-refractivity contribution in [3.8, 4) is 5.75 Å². The molecule has 1 rings (SSSR count).